The van der Waals surface area contributed by atoms with Gasteiger partial charge in [-0.3, -0.25) is 14.9 Å². The van der Waals surface area contributed by atoms with Crippen molar-refractivity contribution in [3.63, 3.8) is 0 Å². The molecule has 1 aliphatic heterocycles. The summed E-state index contributed by atoms with van der Waals surface area (Å²) in [5.74, 6) is -0.428. The normalized spacial score (nSPS) is 18.6. The van der Waals surface area contributed by atoms with Gasteiger partial charge in [0.25, 0.3) is 5.69 Å². The smallest absolute Gasteiger partial charge is 0.423 e. The van der Waals surface area contributed by atoms with E-state index >= 15 is 0 Å². The second kappa shape index (κ2) is 6.10. The highest BCUT2D eigenvalue weighted by Gasteiger charge is 2.26. The number of hydrogen-bond acceptors (Lipinski definition) is 7. The van der Waals surface area contributed by atoms with Gasteiger partial charge in [0.15, 0.2) is 5.78 Å². The van der Waals surface area contributed by atoms with Gasteiger partial charge < -0.3 is 20.1 Å². The number of morpholine rings is 1. The third-order valence-electron chi connectivity index (χ3n) is 2.95. The molecule has 3 N–H and O–H groups in total. The molecular formula is C11H13BN2O6. The predicted octanol–water partition coefficient (Wildman–Crippen LogP) is -1.55. The first-order chi connectivity index (χ1) is 9.49. The number of carbonyl (C=O) groups is 1. The maximum absolute atomic E-state index is 12.2. The molecule has 20 heavy (non-hydrogen) atoms. The van der Waals surface area contributed by atoms with Crippen molar-refractivity contribution < 1.29 is 24.5 Å². The number of rotatable bonds is 4. The quantitative estimate of drug-likeness (QED) is 0.264. The first kappa shape index (κ1) is 14.6. The molecule has 8 nitrogen and oxygen atoms in total. The van der Waals surface area contributed by atoms with E-state index in [9.17, 15) is 14.9 Å². The molecule has 1 unspecified atom stereocenters. The fraction of sp³-hybridized carbons (Fsp3) is 0.364. The van der Waals surface area contributed by atoms with Gasteiger partial charge in [0.1, 0.15) is 6.10 Å². The minimum absolute atomic E-state index is 0.0241. The minimum atomic E-state index is -1.88. The number of non-ortho nitro benzene ring substituents is 1. The van der Waals surface area contributed by atoms with E-state index in [2.05, 4.69) is 5.32 Å². The van der Waals surface area contributed by atoms with Crippen molar-refractivity contribution in [1.82, 2.24) is 5.32 Å². The van der Waals surface area contributed by atoms with E-state index in [1.54, 1.807) is 0 Å². The summed E-state index contributed by atoms with van der Waals surface area (Å²) in [6.07, 6.45) is -0.727. The molecule has 0 radical (unpaired) electrons. The van der Waals surface area contributed by atoms with Crippen molar-refractivity contribution in [2.45, 2.75) is 6.10 Å². The van der Waals surface area contributed by atoms with Crippen LogP contribution in [0.5, 0.6) is 0 Å². The third-order valence-corrected chi connectivity index (χ3v) is 2.95. The Morgan fingerprint density at radius 2 is 2.20 bits per heavy atom. The number of ketones is 1. The average Bonchev–Trinajstić information content (AvgIpc) is 2.46. The van der Waals surface area contributed by atoms with Crippen LogP contribution in [-0.2, 0) is 4.74 Å². The predicted molar refractivity (Wildman–Crippen MR) is 69.9 cm³/mol. The lowest BCUT2D eigenvalue weighted by atomic mass is 9.78. The number of Topliss-reactive ketones (excluding diaryl/α,β-unsaturated/α-hetero) is 1. The van der Waals surface area contributed by atoms with E-state index in [0.717, 1.165) is 12.1 Å². The maximum atomic E-state index is 12.2. The number of nitrogens with zero attached hydrogens (tertiary/aromatic N) is 1. The summed E-state index contributed by atoms with van der Waals surface area (Å²) in [6.45, 7) is 1.33. The first-order valence-corrected chi connectivity index (χ1v) is 6.01. The molecule has 1 heterocycles. The fourth-order valence-electron chi connectivity index (χ4n) is 1.95. The van der Waals surface area contributed by atoms with Crippen LogP contribution in [0.25, 0.3) is 0 Å². The van der Waals surface area contributed by atoms with Gasteiger partial charge >= 0.3 is 7.12 Å². The molecular weight excluding hydrogens is 267 g/mol. The van der Waals surface area contributed by atoms with Crippen LogP contribution in [0.1, 0.15) is 10.4 Å². The van der Waals surface area contributed by atoms with Gasteiger partial charge in [-0.1, -0.05) is 6.07 Å². The van der Waals surface area contributed by atoms with E-state index in [1.807, 2.05) is 0 Å². The summed E-state index contributed by atoms with van der Waals surface area (Å²) < 4.78 is 5.29. The molecule has 1 aromatic rings. The molecule has 1 aliphatic rings. The van der Waals surface area contributed by atoms with Crippen molar-refractivity contribution in [1.29, 1.82) is 0 Å². The van der Waals surface area contributed by atoms with E-state index in [1.165, 1.54) is 6.07 Å². The van der Waals surface area contributed by atoms with Crippen LogP contribution in [0.15, 0.2) is 18.2 Å². The number of nitrogens with one attached hydrogen (secondary N) is 1. The second-order valence-corrected chi connectivity index (χ2v) is 4.37. The minimum Gasteiger partial charge on any atom is -0.423 e. The standard InChI is InChI=1S/C11H13BN2O6/c15-11(10-6-13-1-2-20-10)7-3-8(12(16)17)5-9(4-7)14(18)19/h3-5,10,13,16-17H,1-2,6H2. The molecule has 1 fully saturated rings. The Labute approximate surface area is 114 Å². The van der Waals surface area contributed by atoms with Crippen molar-refractivity contribution in [3.8, 4) is 0 Å². The van der Waals surface area contributed by atoms with Gasteiger partial charge in [-0.2, -0.15) is 0 Å². The summed E-state index contributed by atoms with van der Waals surface area (Å²) in [5, 5.41) is 32.0. The zero-order valence-corrected chi connectivity index (χ0v) is 10.5. The van der Waals surface area contributed by atoms with Crippen LogP contribution in [0.4, 0.5) is 5.69 Å². The highest BCUT2D eigenvalue weighted by molar-refractivity contribution is 6.58. The summed E-state index contributed by atoms with van der Waals surface area (Å²) in [5.41, 5.74) is -0.454. The molecule has 0 saturated carbocycles. The van der Waals surface area contributed by atoms with Crippen molar-refractivity contribution in [2.75, 3.05) is 19.7 Å². The summed E-state index contributed by atoms with van der Waals surface area (Å²) in [7, 11) is -1.88. The molecule has 2 rings (SSSR count). The molecule has 9 heteroatoms. The number of benzene rings is 1. The highest BCUT2D eigenvalue weighted by atomic mass is 16.6. The summed E-state index contributed by atoms with van der Waals surface area (Å²) >= 11 is 0. The Balaban J connectivity index is 2.34. The molecule has 0 aliphatic carbocycles. The molecule has 1 atom stereocenters. The Morgan fingerprint density at radius 1 is 1.45 bits per heavy atom. The molecule has 0 amide bonds. The lowest BCUT2D eigenvalue weighted by Gasteiger charge is -2.22. The average molecular weight is 280 g/mol. The van der Waals surface area contributed by atoms with Crippen LogP contribution in [0.3, 0.4) is 0 Å². The first-order valence-electron chi connectivity index (χ1n) is 6.01. The Morgan fingerprint density at radius 3 is 2.75 bits per heavy atom. The monoisotopic (exact) mass is 280 g/mol. The second-order valence-electron chi connectivity index (χ2n) is 4.37. The van der Waals surface area contributed by atoms with Gasteiger partial charge in [-0.25, -0.2) is 0 Å². The van der Waals surface area contributed by atoms with Gasteiger partial charge in [0.2, 0.25) is 0 Å². The number of nitro benzene ring substituents is 1. The highest BCUT2D eigenvalue weighted by Crippen LogP contribution is 2.15. The molecule has 1 saturated heterocycles. The van der Waals surface area contributed by atoms with Crippen LogP contribution < -0.4 is 10.8 Å². The van der Waals surface area contributed by atoms with Crippen LogP contribution in [0.2, 0.25) is 0 Å². The lowest BCUT2D eigenvalue weighted by molar-refractivity contribution is -0.384. The SMILES string of the molecule is O=C(c1cc(B(O)O)cc([N+](=O)[O-])c1)C1CNCCO1. The lowest BCUT2D eigenvalue weighted by Crippen LogP contribution is -2.43. The van der Waals surface area contributed by atoms with E-state index in [0.29, 0.717) is 19.7 Å². The Bertz CT molecular complexity index is 530. The van der Waals surface area contributed by atoms with Crippen LogP contribution in [-0.4, -0.2) is 53.7 Å². The number of carbonyl (C=O) groups excluding carboxylic acids is 1. The largest absolute Gasteiger partial charge is 0.488 e. The van der Waals surface area contributed by atoms with E-state index in [-0.39, 0.29) is 16.7 Å². The van der Waals surface area contributed by atoms with Crippen LogP contribution in [0, 0.1) is 10.1 Å². The fourth-order valence-corrected chi connectivity index (χ4v) is 1.95. The Kier molecular flexibility index (Phi) is 4.45. The van der Waals surface area contributed by atoms with Gasteiger partial charge in [0.05, 0.1) is 11.5 Å². The zero-order chi connectivity index (χ0) is 14.7. The van der Waals surface area contributed by atoms with Crippen molar-refractivity contribution in [2.24, 2.45) is 0 Å². The molecule has 1 aromatic carbocycles. The number of hydrogen-bond donors (Lipinski definition) is 3. The summed E-state index contributed by atoms with van der Waals surface area (Å²) in [6, 6.07) is 3.34. The van der Waals surface area contributed by atoms with Crippen molar-refractivity contribution >= 4 is 24.1 Å². The Hall–Kier alpha value is -1.81. The van der Waals surface area contributed by atoms with E-state index < -0.39 is 23.9 Å². The van der Waals surface area contributed by atoms with E-state index in [4.69, 9.17) is 14.8 Å². The number of ether oxygens (including phenoxy) is 1. The maximum Gasteiger partial charge on any atom is 0.488 e. The molecule has 106 valence electrons. The summed E-state index contributed by atoms with van der Waals surface area (Å²) in [4.78, 5) is 22.3. The number of nitro groups is 1. The molecule has 0 spiro atoms. The zero-order valence-electron chi connectivity index (χ0n) is 10.5. The molecule has 0 bridgehead atoms. The van der Waals surface area contributed by atoms with Crippen molar-refractivity contribution in [3.05, 3.63) is 33.9 Å². The van der Waals surface area contributed by atoms with Gasteiger partial charge in [-0.05, 0) is 5.46 Å². The topological polar surface area (TPSA) is 122 Å². The third kappa shape index (κ3) is 3.20. The van der Waals surface area contributed by atoms with Crippen LogP contribution >= 0.6 is 0 Å². The van der Waals surface area contributed by atoms with Gasteiger partial charge in [0, 0.05) is 30.8 Å². The molecule has 0 aromatic heterocycles. The van der Waals surface area contributed by atoms with Gasteiger partial charge in [-0.15, -0.1) is 0 Å².